The van der Waals surface area contributed by atoms with Gasteiger partial charge in [-0.25, -0.2) is 9.37 Å². The molecule has 2 aromatic heterocycles. The summed E-state index contributed by atoms with van der Waals surface area (Å²) in [5, 5.41) is 2.97. The second-order valence-corrected chi connectivity index (χ2v) is 9.04. The maximum Gasteiger partial charge on any atom is 0.291 e. The summed E-state index contributed by atoms with van der Waals surface area (Å²) in [6, 6.07) is 14.2. The Bertz CT molecular complexity index is 1300. The average Bonchev–Trinajstić information content (AvgIpc) is 3.53. The largest absolute Gasteiger partial charge is 0.459 e. The summed E-state index contributed by atoms with van der Waals surface area (Å²) in [6.45, 7) is 4.13. The number of carbonyl (C=O) groups is 1. The normalized spacial score (nSPS) is 14.3. The molecule has 1 N–H and O–H groups in total. The van der Waals surface area contributed by atoms with Gasteiger partial charge in [0.2, 0.25) is 0 Å². The monoisotopic (exact) mass is 457 g/mol. The molecule has 1 fully saturated rings. The second-order valence-electron chi connectivity index (χ2n) is 9.04. The van der Waals surface area contributed by atoms with E-state index in [1.807, 2.05) is 25.4 Å². The fourth-order valence-electron chi connectivity index (χ4n) is 4.86. The lowest BCUT2D eigenvalue weighted by Crippen LogP contribution is -2.14. The zero-order chi connectivity index (χ0) is 23.7. The Hall–Kier alpha value is -3.67. The fraction of sp³-hybridized carbons (Fsp3) is 0.286. The van der Waals surface area contributed by atoms with Crippen molar-refractivity contribution in [1.29, 1.82) is 0 Å². The van der Waals surface area contributed by atoms with Crippen molar-refractivity contribution in [2.45, 2.75) is 52.0 Å². The fourth-order valence-corrected chi connectivity index (χ4v) is 4.86. The van der Waals surface area contributed by atoms with E-state index in [0.717, 1.165) is 46.5 Å². The van der Waals surface area contributed by atoms with Gasteiger partial charge in [-0.2, -0.15) is 0 Å². The maximum atomic E-state index is 13.7. The molecule has 5 rings (SSSR count). The van der Waals surface area contributed by atoms with Crippen LogP contribution in [0.25, 0.3) is 22.5 Å². The smallest absolute Gasteiger partial charge is 0.291 e. The summed E-state index contributed by atoms with van der Waals surface area (Å²) in [4.78, 5) is 17.5. The van der Waals surface area contributed by atoms with Crippen LogP contribution in [-0.4, -0.2) is 15.5 Å². The average molecular weight is 458 g/mol. The Kier molecular flexibility index (Phi) is 6.05. The molecule has 6 heteroatoms. The van der Waals surface area contributed by atoms with Gasteiger partial charge in [-0.3, -0.25) is 4.79 Å². The van der Waals surface area contributed by atoms with E-state index in [1.54, 1.807) is 24.3 Å². The molecule has 2 aromatic carbocycles. The van der Waals surface area contributed by atoms with Crippen LogP contribution >= 0.6 is 0 Å². The molecule has 1 saturated carbocycles. The number of aromatic nitrogens is 2. The number of benzene rings is 2. The maximum absolute atomic E-state index is 13.7. The van der Waals surface area contributed by atoms with Gasteiger partial charge < -0.3 is 14.3 Å². The third-order valence-electron chi connectivity index (χ3n) is 6.80. The van der Waals surface area contributed by atoms with Crippen LogP contribution in [0.2, 0.25) is 0 Å². The van der Waals surface area contributed by atoms with Gasteiger partial charge in [0.05, 0.1) is 24.0 Å². The number of aryl methyl sites for hydroxylation is 1. The highest BCUT2D eigenvalue weighted by Gasteiger charge is 2.24. The molecule has 0 spiro atoms. The molecule has 2 heterocycles. The van der Waals surface area contributed by atoms with Crippen LogP contribution in [-0.2, 0) is 0 Å². The molecule has 0 atom stereocenters. The summed E-state index contributed by atoms with van der Waals surface area (Å²) in [5.41, 5.74) is 6.59. The molecule has 4 aromatic rings. The van der Waals surface area contributed by atoms with Crippen molar-refractivity contribution < 1.29 is 13.6 Å². The predicted molar refractivity (Wildman–Crippen MR) is 131 cm³/mol. The standard InChI is InChI=1S/C28H28FN3O2/c1-18-15-22(31-28(33)25-9-6-14-34-25)16-24(19(18)2)27-26(20-10-12-21(29)13-11-20)30-17-32(27)23-7-4-3-5-8-23/h6,9-17,23H,3-5,7-8H2,1-2H3,(H,31,33). The van der Waals surface area contributed by atoms with Crippen LogP contribution in [0.3, 0.4) is 0 Å². The Labute approximate surface area is 198 Å². The number of amides is 1. The Balaban J connectivity index is 1.63. The highest BCUT2D eigenvalue weighted by atomic mass is 19.1. The first-order valence-corrected chi connectivity index (χ1v) is 11.8. The van der Waals surface area contributed by atoms with Crippen molar-refractivity contribution in [2.24, 2.45) is 0 Å². The number of hydrogen-bond acceptors (Lipinski definition) is 3. The summed E-state index contributed by atoms with van der Waals surface area (Å²) in [5.74, 6) is -0.301. The third-order valence-corrected chi connectivity index (χ3v) is 6.80. The lowest BCUT2D eigenvalue weighted by Gasteiger charge is -2.26. The zero-order valence-corrected chi connectivity index (χ0v) is 19.5. The number of furan rings is 1. The molecule has 34 heavy (non-hydrogen) atoms. The van der Waals surface area contributed by atoms with Crippen LogP contribution in [0.1, 0.15) is 59.8 Å². The molecule has 0 saturated heterocycles. The van der Waals surface area contributed by atoms with Gasteiger partial charge in [0.15, 0.2) is 5.76 Å². The Morgan fingerprint density at radius 3 is 2.56 bits per heavy atom. The van der Waals surface area contributed by atoms with E-state index >= 15 is 0 Å². The van der Waals surface area contributed by atoms with Crippen molar-refractivity contribution in [3.63, 3.8) is 0 Å². The minimum Gasteiger partial charge on any atom is -0.459 e. The number of anilines is 1. The van der Waals surface area contributed by atoms with Crippen LogP contribution < -0.4 is 5.32 Å². The number of rotatable bonds is 5. The van der Waals surface area contributed by atoms with Gasteiger partial charge in [0, 0.05) is 22.9 Å². The second kappa shape index (κ2) is 9.29. The highest BCUT2D eigenvalue weighted by Crippen LogP contribution is 2.40. The number of halogens is 1. The molecule has 1 aliphatic rings. The molecular weight excluding hydrogens is 429 g/mol. The molecule has 0 radical (unpaired) electrons. The minimum absolute atomic E-state index is 0.263. The summed E-state index contributed by atoms with van der Waals surface area (Å²) >= 11 is 0. The molecule has 1 aliphatic carbocycles. The van der Waals surface area contributed by atoms with E-state index in [9.17, 15) is 9.18 Å². The van der Waals surface area contributed by atoms with E-state index in [0.29, 0.717) is 11.7 Å². The highest BCUT2D eigenvalue weighted by molar-refractivity contribution is 6.02. The zero-order valence-electron chi connectivity index (χ0n) is 19.5. The van der Waals surface area contributed by atoms with Gasteiger partial charge in [0.1, 0.15) is 5.82 Å². The summed E-state index contributed by atoms with van der Waals surface area (Å²) in [6.07, 6.45) is 9.29. The Morgan fingerprint density at radius 2 is 1.85 bits per heavy atom. The van der Waals surface area contributed by atoms with Gasteiger partial charge in [0.25, 0.3) is 5.91 Å². The van der Waals surface area contributed by atoms with Crippen LogP contribution in [0.5, 0.6) is 0 Å². The number of imidazole rings is 1. The van der Waals surface area contributed by atoms with E-state index in [2.05, 4.69) is 16.8 Å². The van der Waals surface area contributed by atoms with E-state index < -0.39 is 0 Å². The van der Waals surface area contributed by atoms with Gasteiger partial charge in [-0.05, 0) is 86.3 Å². The lowest BCUT2D eigenvalue weighted by molar-refractivity contribution is 0.0996. The van der Waals surface area contributed by atoms with Crippen molar-refractivity contribution in [2.75, 3.05) is 5.32 Å². The first-order valence-electron chi connectivity index (χ1n) is 11.8. The minimum atomic E-state index is -0.293. The van der Waals surface area contributed by atoms with Gasteiger partial charge in [-0.1, -0.05) is 19.3 Å². The van der Waals surface area contributed by atoms with E-state index in [4.69, 9.17) is 9.40 Å². The third kappa shape index (κ3) is 4.28. The SMILES string of the molecule is Cc1cc(NC(=O)c2ccco2)cc(-c2c(-c3ccc(F)cc3)ncn2C2CCCCC2)c1C. The number of hydrogen-bond donors (Lipinski definition) is 1. The molecule has 1 amide bonds. The van der Waals surface area contributed by atoms with E-state index in [1.165, 1.54) is 37.7 Å². The van der Waals surface area contributed by atoms with Gasteiger partial charge >= 0.3 is 0 Å². The summed E-state index contributed by atoms with van der Waals surface area (Å²) < 4.78 is 21.2. The molecule has 5 nitrogen and oxygen atoms in total. The molecule has 174 valence electrons. The first-order chi connectivity index (χ1) is 16.5. The van der Waals surface area contributed by atoms with Crippen molar-refractivity contribution in [3.05, 3.63) is 83.8 Å². The topological polar surface area (TPSA) is 60.1 Å². The molecular formula is C28H28FN3O2. The van der Waals surface area contributed by atoms with Crippen molar-refractivity contribution >= 4 is 11.6 Å². The van der Waals surface area contributed by atoms with E-state index in [-0.39, 0.29) is 17.5 Å². The Morgan fingerprint density at radius 1 is 1.09 bits per heavy atom. The molecule has 0 aliphatic heterocycles. The van der Waals surface area contributed by atoms with Crippen molar-refractivity contribution in [3.8, 4) is 22.5 Å². The first kappa shape index (κ1) is 22.1. The van der Waals surface area contributed by atoms with Crippen LogP contribution in [0.4, 0.5) is 10.1 Å². The lowest BCUT2D eigenvalue weighted by atomic mass is 9.93. The number of nitrogens with one attached hydrogen (secondary N) is 1. The van der Waals surface area contributed by atoms with Gasteiger partial charge in [-0.15, -0.1) is 0 Å². The van der Waals surface area contributed by atoms with Crippen LogP contribution in [0.15, 0.2) is 65.5 Å². The van der Waals surface area contributed by atoms with Crippen molar-refractivity contribution in [1.82, 2.24) is 9.55 Å². The molecule has 0 unspecified atom stereocenters. The van der Waals surface area contributed by atoms with Crippen LogP contribution in [0, 0.1) is 19.7 Å². The molecule has 0 bridgehead atoms. The summed E-state index contributed by atoms with van der Waals surface area (Å²) in [7, 11) is 0. The quantitative estimate of drug-likeness (QED) is 0.341. The number of carbonyl (C=O) groups excluding carboxylic acids is 1. The number of nitrogens with zero attached hydrogens (tertiary/aromatic N) is 2. The predicted octanol–water partition coefficient (Wildman–Crippen LogP) is 7.32.